The summed E-state index contributed by atoms with van der Waals surface area (Å²) in [4.78, 5) is 1.25. The summed E-state index contributed by atoms with van der Waals surface area (Å²) in [7, 11) is 1.58. The summed E-state index contributed by atoms with van der Waals surface area (Å²) in [6.45, 7) is 0.513. The number of hydrogen-bond acceptors (Lipinski definition) is 5. The quantitative estimate of drug-likeness (QED) is 0.371. The highest BCUT2D eigenvalue weighted by Gasteiger charge is 2.10. The van der Waals surface area contributed by atoms with Crippen molar-refractivity contribution in [3.63, 3.8) is 0 Å². The van der Waals surface area contributed by atoms with Gasteiger partial charge in [0.2, 0.25) is 0 Å². The fourth-order valence-corrected chi connectivity index (χ4v) is 2.42. The van der Waals surface area contributed by atoms with Gasteiger partial charge < -0.3 is 20.4 Å². The van der Waals surface area contributed by atoms with Crippen LogP contribution in [0.2, 0.25) is 0 Å². The second kappa shape index (κ2) is 6.81. The molecule has 0 unspecified atom stereocenters. The zero-order valence-corrected chi connectivity index (χ0v) is 11.9. The fourth-order valence-electron chi connectivity index (χ4n) is 1.73. The van der Waals surface area contributed by atoms with Crippen LogP contribution in [-0.4, -0.2) is 24.8 Å². The molecule has 5 nitrogen and oxygen atoms in total. The lowest BCUT2D eigenvalue weighted by atomic mass is 10.1. The number of oxime groups is 1. The Morgan fingerprint density at radius 1 is 1.40 bits per heavy atom. The van der Waals surface area contributed by atoms with Crippen LogP contribution in [0, 0.1) is 0 Å². The van der Waals surface area contributed by atoms with Crippen molar-refractivity contribution < 1.29 is 14.7 Å². The zero-order chi connectivity index (χ0) is 14.4. The molecule has 2 aromatic rings. The number of amidine groups is 1. The number of nitrogens with two attached hydrogens (primary N) is 1. The fraction of sp³-hybridized carbons (Fsp3) is 0.214. The molecule has 0 saturated carbocycles. The third-order valence-corrected chi connectivity index (χ3v) is 3.69. The summed E-state index contributed by atoms with van der Waals surface area (Å²) in [6, 6.07) is 9.23. The monoisotopic (exact) mass is 292 g/mol. The van der Waals surface area contributed by atoms with Gasteiger partial charge in [-0.2, -0.15) is 0 Å². The van der Waals surface area contributed by atoms with Crippen LogP contribution in [0.3, 0.4) is 0 Å². The smallest absolute Gasteiger partial charge is 0.173 e. The molecule has 1 aromatic carbocycles. The molecule has 1 heterocycles. The molecule has 106 valence electrons. The Balaban J connectivity index is 2.11. The Bertz CT molecular complexity index is 582. The maximum absolute atomic E-state index is 8.79. The van der Waals surface area contributed by atoms with E-state index in [0.717, 1.165) is 6.42 Å². The molecular weight excluding hydrogens is 276 g/mol. The number of ether oxygens (including phenoxy) is 2. The van der Waals surface area contributed by atoms with E-state index in [-0.39, 0.29) is 5.84 Å². The first-order valence-electron chi connectivity index (χ1n) is 6.05. The molecule has 0 aliphatic carbocycles. The van der Waals surface area contributed by atoms with Gasteiger partial charge in [0.15, 0.2) is 5.84 Å². The topological polar surface area (TPSA) is 77.1 Å². The minimum Gasteiger partial charge on any atom is -0.497 e. The van der Waals surface area contributed by atoms with Crippen molar-refractivity contribution in [2.45, 2.75) is 6.42 Å². The Kier molecular flexibility index (Phi) is 4.84. The largest absolute Gasteiger partial charge is 0.497 e. The number of methoxy groups -OCH3 is 1. The SMILES string of the molecule is COc1ccc(/C(N)=N/O)c(OCCc2cccs2)c1. The summed E-state index contributed by atoms with van der Waals surface area (Å²) in [6.07, 6.45) is 0.810. The highest BCUT2D eigenvalue weighted by atomic mass is 32.1. The zero-order valence-electron chi connectivity index (χ0n) is 11.1. The summed E-state index contributed by atoms with van der Waals surface area (Å²) in [5.74, 6) is 1.21. The third kappa shape index (κ3) is 3.42. The predicted octanol–water partition coefficient (Wildman–Crippen LogP) is 2.47. The van der Waals surface area contributed by atoms with Crippen LogP contribution < -0.4 is 15.2 Å². The summed E-state index contributed by atoms with van der Waals surface area (Å²) >= 11 is 1.69. The van der Waals surface area contributed by atoms with Gasteiger partial charge in [-0.3, -0.25) is 0 Å². The highest BCUT2D eigenvalue weighted by molar-refractivity contribution is 7.09. The van der Waals surface area contributed by atoms with E-state index < -0.39 is 0 Å². The van der Waals surface area contributed by atoms with E-state index in [0.29, 0.717) is 23.7 Å². The van der Waals surface area contributed by atoms with Crippen LogP contribution >= 0.6 is 11.3 Å². The molecule has 0 spiro atoms. The van der Waals surface area contributed by atoms with Crippen molar-refractivity contribution in [3.8, 4) is 11.5 Å². The van der Waals surface area contributed by atoms with Gasteiger partial charge in [-0.25, -0.2) is 0 Å². The van der Waals surface area contributed by atoms with Crippen LogP contribution in [0.5, 0.6) is 11.5 Å². The second-order valence-electron chi connectivity index (χ2n) is 4.03. The van der Waals surface area contributed by atoms with Crippen LogP contribution in [-0.2, 0) is 6.42 Å². The molecule has 3 N–H and O–H groups in total. The van der Waals surface area contributed by atoms with E-state index in [2.05, 4.69) is 11.2 Å². The maximum Gasteiger partial charge on any atom is 0.173 e. The normalized spacial score (nSPS) is 11.3. The van der Waals surface area contributed by atoms with Crippen LogP contribution in [0.25, 0.3) is 0 Å². The molecule has 0 atom stereocenters. The van der Waals surface area contributed by atoms with E-state index in [1.807, 2.05) is 11.4 Å². The lowest BCUT2D eigenvalue weighted by Crippen LogP contribution is -2.15. The molecule has 1 aromatic heterocycles. The Morgan fingerprint density at radius 2 is 2.25 bits per heavy atom. The number of benzene rings is 1. The molecule has 20 heavy (non-hydrogen) atoms. The summed E-state index contributed by atoms with van der Waals surface area (Å²) < 4.78 is 10.9. The van der Waals surface area contributed by atoms with Crippen molar-refractivity contribution in [2.75, 3.05) is 13.7 Å². The van der Waals surface area contributed by atoms with Crippen molar-refractivity contribution in [1.82, 2.24) is 0 Å². The average molecular weight is 292 g/mol. The first kappa shape index (κ1) is 14.2. The average Bonchev–Trinajstić information content (AvgIpc) is 2.99. The minimum atomic E-state index is 0.0128. The van der Waals surface area contributed by atoms with Gasteiger partial charge in [-0.15, -0.1) is 11.3 Å². The van der Waals surface area contributed by atoms with Crippen molar-refractivity contribution in [2.24, 2.45) is 10.9 Å². The molecule has 0 radical (unpaired) electrons. The summed E-state index contributed by atoms with van der Waals surface area (Å²) in [5, 5.41) is 13.8. The van der Waals surface area contributed by atoms with Gasteiger partial charge in [0.1, 0.15) is 11.5 Å². The molecule has 0 fully saturated rings. The van der Waals surface area contributed by atoms with Crippen LogP contribution in [0.1, 0.15) is 10.4 Å². The molecule has 6 heteroatoms. The Labute approximate surface area is 121 Å². The molecule has 0 aliphatic rings. The van der Waals surface area contributed by atoms with Gasteiger partial charge in [0.05, 0.1) is 19.3 Å². The number of rotatable bonds is 6. The van der Waals surface area contributed by atoms with E-state index in [1.54, 1.807) is 36.6 Å². The van der Waals surface area contributed by atoms with E-state index in [4.69, 9.17) is 20.4 Å². The van der Waals surface area contributed by atoms with Crippen molar-refractivity contribution in [1.29, 1.82) is 0 Å². The van der Waals surface area contributed by atoms with Crippen molar-refractivity contribution in [3.05, 3.63) is 46.2 Å². The molecule has 0 saturated heterocycles. The van der Waals surface area contributed by atoms with Crippen LogP contribution in [0.4, 0.5) is 0 Å². The number of nitrogens with zero attached hydrogens (tertiary/aromatic N) is 1. The standard InChI is InChI=1S/C14H16N2O3S/c1-18-10-4-5-12(14(15)16-17)13(9-10)19-7-6-11-3-2-8-20-11/h2-5,8-9,17H,6-7H2,1H3,(H2,15,16). The maximum atomic E-state index is 8.79. The molecule has 2 rings (SSSR count). The molecule has 0 amide bonds. The molecular formula is C14H16N2O3S. The van der Waals surface area contributed by atoms with Gasteiger partial charge in [0, 0.05) is 17.4 Å². The van der Waals surface area contributed by atoms with E-state index in [9.17, 15) is 0 Å². The first-order valence-corrected chi connectivity index (χ1v) is 6.93. The van der Waals surface area contributed by atoms with Gasteiger partial charge in [-0.05, 0) is 23.6 Å². The summed E-state index contributed by atoms with van der Waals surface area (Å²) in [5.41, 5.74) is 6.18. The highest BCUT2D eigenvalue weighted by Crippen LogP contribution is 2.25. The Morgan fingerprint density at radius 3 is 2.90 bits per heavy atom. The van der Waals surface area contributed by atoms with Gasteiger partial charge in [0.25, 0.3) is 0 Å². The first-order chi connectivity index (χ1) is 9.74. The Hall–Kier alpha value is -2.21. The minimum absolute atomic E-state index is 0.0128. The predicted molar refractivity (Wildman–Crippen MR) is 79.0 cm³/mol. The van der Waals surface area contributed by atoms with E-state index in [1.165, 1.54) is 4.88 Å². The van der Waals surface area contributed by atoms with E-state index >= 15 is 0 Å². The second-order valence-corrected chi connectivity index (χ2v) is 5.06. The third-order valence-electron chi connectivity index (χ3n) is 2.76. The van der Waals surface area contributed by atoms with Crippen LogP contribution in [0.15, 0.2) is 40.9 Å². The van der Waals surface area contributed by atoms with Gasteiger partial charge >= 0.3 is 0 Å². The molecule has 0 aliphatic heterocycles. The van der Waals surface area contributed by atoms with Gasteiger partial charge in [-0.1, -0.05) is 11.2 Å². The number of thiophene rings is 1. The number of hydrogen-bond donors (Lipinski definition) is 2. The lowest BCUT2D eigenvalue weighted by molar-refractivity contribution is 0.312. The van der Waals surface area contributed by atoms with Crippen molar-refractivity contribution >= 4 is 17.2 Å². The molecule has 0 bridgehead atoms. The lowest BCUT2D eigenvalue weighted by Gasteiger charge is -2.11.